The zero-order valence-electron chi connectivity index (χ0n) is 4.67. The Hall–Kier alpha value is 0.150. The summed E-state index contributed by atoms with van der Waals surface area (Å²) >= 11 is 3.56. The number of alkyl halides is 1. The van der Waals surface area contributed by atoms with Crippen molar-refractivity contribution < 1.29 is 4.79 Å². The molecule has 1 nitrogen and oxygen atoms in total. The molecule has 5 rings (SSSR count). The zero-order chi connectivity index (χ0) is 5.96. The van der Waals surface area contributed by atoms with Crippen LogP contribution in [-0.2, 0) is 4.79 Å². The molecule has 5 aliphatic carbocycles. The van der Waals surface area contributed by atoms with E-state index < -0.39 is 0 Å². The van der Waals surface area contributed by atoms with E-state index in [4.69, 9.17) is 0 Å². The van der Waals surface area contributed by atoms with Crippen LogP contribution in [0, 0.1) is 29.6 Å². The molecule has 9 heavy (non-hydrogen) atoms. The third-order valence-corrected chi connectivity index (χ3v) is 5.34. The highest BCUT2D eigenvalue weighted by molar-refractivity contribution is 9.10. The minimum Gasteiger partial charge on any atom is -0.298 e. The van der Waals surface area contributed by atoms with Crippen molar-refractivity contribution in [2.75, 3.05) is 0 Å². The molecule has 5 fully saturated rings. The molecule has 0 aromatic carbocycles. The second-order valence-electron chi connectivity index (χ2n) is 3.86. The van der Waals surface area contributed by atoms with E-state index in [9.17, 15) is 4.79 Å². The molecule has 0 saturated heterocycles. The number of halogens is 1. The molecule has 2 heteroatoms. The molecular weight excluding hydrogens is 180 g/mol. The smallest absolute Gasteiger partial charge is 0.153 e. The minimum atomic E-state index is 0.0625. The molecule has 2 unspecified atom stereocenters. The molecule has 0 N–H and O–H groups in total. The van der Waals surface area contributed by atoms with Gasteiger partial charge in [-0.25, -0.2) is 0 Å². The van der Waals surface area contributed by atoms with Crippen LogP contribution in [0.3, 0.4) is 0 Å². The Bertz CT molecular complexity index is 244. The molecule has 0 aromatic heterocycles. The quantitative estimate of drug-likeness (QED) is 0.510. The van der Waals surface area contributed by atoms with Crippen molar-refractivity contribution in [3.63, 3.8) is 0 Å². The Kier molecular flexibility index (Phi) is 0.327. The number of carbonyl (C=O) groups excluding carboxylic acids is 1. The SMILES string of the molecule is O=C1C2[C@@H]3[C@H]2[C@H]2[C@@H]3C12Br. The first-order valence-corrected chi connectivity index (χ1v) is 4.30. The fraction of sp³-hybridized carbons (Fsp3) is 0.857. The summed E-state index contributed by atoms with van der Waals surface area (Å²) in [5.41, 5.74) is 0. The Morgan fingerprint density at radius 1 is 1.33 bits per heavy atom. The fourth-order valence-corrected chi connectivity index (χ4v) is 4.83. The normalized spacial score (nSPS) is 85.9. The van der Waals surface area contributed by atoms with Gasteiger partial charge in [0.25, 0.3) is 0 Å². The summed E-state index contributed by atoms with van der Waals surface area (Å²) in [7, 11) is 0. The average Bonchev–Trinajstić information content (AvgIpc) is 2.38. The third kappa shape index (κ3) is 0.174. The summed E-state index contributed by atoms with van der Waals surface area (Å²) in [5, 5.41) is 0. The minimum absolute atomic E-state index is 0.0625. The summed E-state index contributed by atoms with van der Waals surface area (Å²) in [6, 6.07) is 0. The Labute approximate surface area is 60.9 Å². The van der Waals surface area contributed by atoms with Gasteiger partial charge < -0.3 is 0 Å². The van der Waals surface area contributed by atoms with Crippen molar-refractivity contribution in [1.29, 1.82) is 0 Å². The van der Waals surface area contributed by atoms with E-state index in [0.717, 1.165) is 23.7 Å². The Morgan fingerprint density at radius 2 is 1.89 bits per heavy atom. The molecule has 0 heterocycles. The van der Waals surface area contributed by atoms with E-state index in [0.29, 0.717) is 11.7 Å². The lowest BCUT2D eigenvalue weighted by atomic mass is 10.0. The van der Waals surface area contributed by atoms with Crippen LogP contribution in [0.5, 0.6) is 0 Å². The molecule has 0 amide bonds. The van der Waals surface area contributed by atoms with Gasteiger partial charge in [0, 0.05) is 5.92 Å². The number of rotatable bonds is 0. The largest absolute Gasteiger partial charge is 0.298 e. The predicted molar refractivity (Wildman–Crippen MR) is 34.1 cm³/mol. The van der Waals surface area contributed by atoms with Gasteiger partial charge in [-0.2, -0.15) is 0 Å². The Balaban J connectivity index is 2.13. The lowest BCUT2D eigenvalue weighted by Crippen LogP contribution is -2.11. The molecule has 2 bridgehead atoms. The second kappa shape index (κ2) is 0.714. The van der Waals surface area contributed by atoms with Gasteiger partial charge in [0.1, 0.15) is 0 Å². The van der Waals surface area contributed by atoms with Crippen molar-refractivity contribution in [2.45, 2.75) is 4.32 Å². The Morgan fingerprint density at radius 3 is 2.00 bits per heavy atom. The van der Waals surface area contributed by atoms with Crippen molar-refractivity contribution in [2.24, 2.45) is 29.6 Å². The summed E-state index contributed by atoms with van der Waals surface area (Å²) in [6.07, 6.45) is 0. The number of carbonyl (C=O) groups is 1. The maximum Gasteiger partial charge on any atom is 0.153 e. The highest BCUT2D eigenvalue weighted by atomic mass is 79.9. The third-order valence-electron chi connectivity index (χ3n) is 3.89. The van der Waals surface area contributed by atoms with E-state index in [2.05, 4.69) is 15.9 Å². The van der Waals surface area contributed by atoms with Crippen LogP contribution in [0.2, 0.25) is 0 Å². The molecule has 5 saturated carbocycles. The molecule has 0 spiro atoms. The van der Waals surface area contributed by atoms with Gasteiger partial charge in [-0.3, -0.25) is 4.79 Å². The lowest BCUT2D eigenvalue weighted by molar-refractivity contribution is -0.118. The molecule has 5 aliphatic rings. The van der Waals surface area contributed by atoms with Gasteiger partial charge in [-0.15, -0.1) is 0 Å². The number of Topliss-reactive ketones (excluding diaryl/α,β-unsaturated/α-hetero) is 1. The molecule has 0 aromatic rings. The topological polar surface area (TPSA) is 17.1 Å². The lowest BCUT2D eigenvalue weighted by Gasteiger charge is -2.02. The first kappa shape index (κ1) is 4.12. The molecular formula is C7H5BrO. The summed E-state index contributed by atoms with van der Waals surface area (Å²) in [6.45, 7) is 0. The van der Waals surface area contributed by atoms with Crippen molar-refractivity contribution in [3.8, 4) is 0 Å². The second-order valence-corrected chi connectivity index (χ2v) is 5.18. The van der Waals surface area contributed by atoms with E-state index in [1.807, 2.05) is 0 Å². The number of hydrogen-bond acceptors (Lipinski definition) is 1. The highest BCUT2D eigenvalue weighted by Gasteiger charge is 2.99. The van der Waals surface area contributed by atoms with Gasteiger partial charge >= 0.3 is 0 Å². The summed E-state index contributed by atoms with van der Waals surface area (Å²) in [5.74, 6) is 4.43. The molecule has 6 atom stereocenters. The summed E-state index contributed by atoms with van der Waals surface area (Å²) < 4.78 is 0.0625. The first-order valence-electron chi connectivity index (χ1n) is 3.51. The standard InChI is InChI=1S/C7H5BrO/c8-7-4-1-2(5(4)7)3(1)6(7)9/h1-5H/t1-,2+,3?,4+,5-,7?. The van der Waals surface area contributed by atoms with Crippen LogP contribution in [0.25, 0.3) is 0 Å². The average molecular weight is 185 g/mol. The predicted octanol–water partition coefficient (Wildman–Crippen LogP) is 0.825. The number of ketones is 1. The van der Waals surface area contributed by atoms with Gasteiger partial charge in [-0.05, 0) is 23.7 Å². The van der Waals surface area contributed by atoms with Gasteiger partial charge in [0.2, 0.25) is 0 Å². The highest BCUT2D eigenvalue weighted by Crippen LogP contribution is 2.94. The first-order chi connectivity index (χ1) is 4.28. The van der Waals surface area contributed by atoms with E-state index in [-0.39, 0.29) is 4.32 Å². The van der Waals surface area contributed by atoms with Crippen LogP contribution in [0.15, 0.2) is 0 Å². The van der Waals surface area contributed by atoms with E-state index in [1.54, 1.807) is 0 Å². The van der Waals surface area contributed by atoms with Crippen LogP contribution < -0.4 is 0 Å². The van der Waals surface area contributed by atoms with Crippen molar-refractivity contribution in [3.05, 3.63) is 0 Å². The van der Waals surface area contributed by atoms with Crippen LogP contribution in [0.1, 0.15) is 0 Å². The maximum absolute atomic E-state index is 11.3. The molecule has 0 radical (unpaired) electrons. The summed E-state index contributed by atoms with van der Waals surface area (Å²) in [4.78, 5) is 11.3. The van der Waals surface area contributed by atoms with Gasteiger partial charge in [-0.1, -0.05) is 15.9 Å². The maximum atomic E-state index is 11.3. The van der Waals surface area contributed by atoms with Gasteiger partial charge in [0.15, 0.2) is 5.78 Å². The zero-order valence-corrected chi connectivity index (χ0v) is 6.26. The van der Waals surface area contributed by atoms with Crippen molar-refractivity contribution in [1.82, 2.24) is 0 Å². The van der Waals surface area contributed by atoms with E-state index in [1.165, 1.54) is 0 Å². The monoisotopic (exact) mass is 184 g/mol. The fourth-order valence-electron chi connectivity index (χ4n) is 3.52. The van der Waals surface area contributed by atoms with Crippen LogP contribution in [-0.4, -0.2) is 10.1 Å². The molecule has 46 valence electrons. The van der Waals surface area contributed by atoms with Crippen LogP contribution in [0.4, 0.5) is 0 Å². The number of hydrogen-bond donors (Lipinski definition) is 0. The van der Waals surface area contributed by atoms with E-state index >= 15 is 0 Å². The molecule has 0 aliphatic heterocycles. The van der Waals surface area contributed by atoms with Gasteiger partial charge in [0.05, 0.1) is 4.32 Å². The van der Waals surface area contributed by atoms with Crippen LogP contribution >= 0.6 is 15.9 Å². The van der Waals surface area contributed by atoms with Crippen molar-refractivity contribution >= 4 is 21.7 Å².